The molecule has 3 rings (SSSR count). The van der Waals surface area contributed by atoms with E-state index in [0.717, 1.165) is 19.6 Å². The number of rotatable bonds is 5. The van der Waals surface area contributed by atoms with Crippen LogP contribution in [-0.4, -0.2) is 72.6 Å². The number of carbonyl (C=O) groups is 2. The average Bonchev–Trinajstić information content (AvgIpc) is 3.06. The Labute approximate surface area is 147 Å². The average molecular weight is 342 g/mol. The molecule has 2 amide bonds. The van der Waals surface area contributed by atoms with E-state index in [1.807, 2.05) is 29.2 Å². The molecule has 25 heavy (non-hydrogen) atoms. The van der Waals surface area contributed by atoms with E-state index in [0.29, 0.717) is 44.8 Å². The number of nitrogens with zero attached hydrogens (tertiary/aromatic N) is 4. The van der Waals surface area contributed by atoms with Crippen LogP contribution < -0.4 is 0 Å². The molecule has 2 aliphatic heterocycles. The quantitative estimate of drug-likeness (QED) is 0.799. The first-order valence-electron chi connectivity index (χ1n) is 8.56. The summed E-state index contributed by atoms with van der Waals surface area (Å²) >= 11 is 0. The number of hydrogen-bond acceptors (Lipinski definition) is 5. The van der Waals surface area contributed by atoms with Gasteiger partial charge in [-0.05, 0) is 17.7 Å². The van der Waals surface area contributed by atoms with Crippen molar-refractivity contribution in [1.82, 2.24) is 14.7 Å². The van der Waals surface area contributed by atoms with Crippen molar-refractivity contribution in [2.75, 3.05) is 45.9 Å². The molecule has 132 valence electrons. The van der Waals surface area contributed by atoms with E-state index in [9.17, 15) is 9.59 Å². The van der Waals surface area contributed by atoms with Gasteiger partial charge in [-0.25, -0.2) is 4.79 Å². The lowest BCUT2D eigenvalue weighted by Crippen LogP contribution is -2.48. The third kappa shape index (κ3) is 4.48. The lowest BCUT2D eigenvalue weighted by Gasteiger charge is -2.35. The van der Waals surface area contributed by atoms with E-state index in [4.69, 9.17) is 10.00 Å². The summed E-state index contributed by atoms with van der Waals surface area (Å²) < 4.78 is 4.87. The van der Waals surface area contributed by atoms with Gasteiger partial charge in [0.2, 0.25) is 5.91 Å². The van der Waals surface area contributed by atoms with Gasteiger partial charge in [-0.1, -0.05) is 12.1 Å². The standard InChI is InChI=1S/C18H22N4O3/c19-13-15-1-3-16(4-2-15)14-20-7-9-21(10-8-20)17(23)5-6-22-11-12-25-18(22)24/h1-4H,5-12,14H2. The molecule has 0 atom stereocenters. The van der Waals surface area contributed by atoms with Crippen LogP contribution >= 0.6 is 0 Å². The Balaban J connectivity index is 1.41. The van der Waals surface area contributed by atoms with E-state index in [1.54, 1.807) is 4.90 Å². The molecule has 0 N–H and O–H groups in total. The first kappa shape index (κ1) is 17.2. The van der Waals surface area contributed by atoms with Crippen molar-refractivity contribution >= 4 is 12.0 Å². The third-order valence-corrected chi connectivity index (χ3v) is 4.65. The molecule has 0 spiro atoms. The normalized spacial score (nSPS) is 18.1. The predicted molar refractivity (Wildman–Crippen MR) is 90.6 cm³/mol. The highest BCUT2D eigenvalue weighted by Gasteiger charge is 2.25. The molecular weight excluding hydrogens is 320 g/mol. The van der Waals surface area contributed by atoms with Crippen molar-refractivity contribution in [3.8, 4) is 6.07 Å². The third-order valence-electron chi connectivity index (χ3n) is 4.65. The van der Waals surface area contributed by atoms with Crippen LogP contribution in [0.1, 0.15) is 17.5 Å². The van der Waals surface area contributed by atoms with Crippen LogP contribution in [0.4, 0.5) is 4.79 Å². The number of piperazine rings is 1. The molecule has 0 bridgehead atoms. The van der Waals surface area contributed by atoms with E-state index in [1.165, 1.54) is 5.56 Å². The Morgan fingerprint density at radius 3 is 2.44 bits per heavy atom. The van der Waals surface area contributed by atoms with Crippen molar-refractivity contribution in [3.63, 3.8) is 0 Å². The lowest BCUT2D eigenvalue weighted by atomic mass is 10.1. The van der Waals surface area contributed by atoms with Crippen LogP contribution in [0.25, 0.3) is 0 Å². The van der Waals surface area contributed by atoms with Gasteiger partial charge in [0.05, 0.1) is 18.2 Å². The summed E-state index contributed by atoms with van der Waals surface area (Å²) in [5.74, 6) is 0.0951. The van der Waals surface area contributed by atoms with E-state index in [-0.39, 0.29) is 12.0 Å². The van der Waals surface area contributed by atoms with Gasteiger partial charge in [0.15, 0.2) is 0 Å². The highest BCUT2D eigenvalue weighted by Crippen LogP contribution is 2.11. The minimum Gasteiger partial charge on any atom is -0.448 e. The molecule has 0 radical (unpaired) electrons. The zero-order valence-corrected chi connectivity index (χ0v) is 14.2. The smallest absolute Gasteiger partial charge is 0.409 e. The van der Waals surface area contributed by atoms with Crippen LogP contribution in [0.3, 0.4) is 0 Å². The van der Waals surface area contributed by atoms with Gasteiger partial charge in [-0.2, -0.15) is 5.26 Å². The van der Waals surface area contributed by atoms with Crippen LogP contribution in [0.2, 0.25) is 0 Å². The lowest BCUT2D eigenvalue weighted by molar-refractivity contribution is -0.133. The summed E-state index contributed by atoms with van der Waals surface area (Å²) in [6, 6.07) is 9.74. The van der Waals surface area contributed by atoms with Crippen LogP contribution in [0, 0.1) is 11.3 Å². The van der Waals surface area contributed by atoms with E-state index < -0.39 is 0 Å². The number of ether oxygens (including phenoxy) is 1. The van der Waals surface area contributed by atoms with Gasteiger partial charge in [-0.15, -0.1) is 0 Å². The molecule has 1 aromatic rings. The first-order chi connectivity index (χ1) is 12.2. The van der Waals surface area contributed by atoms with Crippen LogP contribution in [0.5, 0.6) is 0 Å². The minimum absolute atomic E-state index is 0.0951. The van der Waals surface area contributed by atoms with Gasteiger partial charge in [0.1, 0.15) is 6.61 Å². The fraction of sp³-hybridized carbons (Fsp3) is 0.500. The fourth-order valence-corrected chi connectivity index (χ4v) is 3.12. The topological polar surface area (TPSA) is 76.9 Å². The monoisotopic (exact) mass is 342 g/mol. The molecule has 2 fully saturated rings. The predicted octanol–water partition coefficient (Wildman–Crippen LogP) is 1.04. The number of amides is 2. The molecule has 1 aromatic carbocycles. The molecule has 7 heteroatoms. The summed E-state index contributed by atoms with van der Waals surface area (Å²) in [6.45, 7) is 5.33. The highest BCUT2D eigenvalue weighted by molar-refractivity contribution is 5.77. The second-order valence-corrected chi connectivity index (χ2v) is 6.32. The zero-order chi connectivity index (χ0) is 17.6. The maximum atomic E-state index is 12.3. The molecule has 2 saturated heterocycles. The van der Waals surface area contributed by atoms with E-state index >= 15 is 0 Å². The van der Waals surface area contributed by atoms with E-state index in [2.05, 4.69) is 11.0 Å². The molecule has 0 aromatic heterocycles. The SMILES string of the molecule is N#Cc1ccc(CN2CCN(C(=O)CCN3CCOC3=O)CC2)cc1. The van der Waals surface area contributed by atoms with Gasteiger partial charge in [0.25, 0.3) is 0 Å². The Kier molecular flexibility index (Phi) is 5.51. The summed E-state index contributed by atoms with van der Waals surface area (Å²) in [4.78, 5) is 29.4. The number of benzene rings is 1. The minimum atomic E-state index is -0.319. The second kappa shape index (κ2) is 7.99. The Hall–Kier alpha value is -2.59. The molecule has 7 nitrogen and oxygen atoms in total. The van der Waals surface area contributed by atoms with Crippen molar-refractivity contribution in [1.29, 1.82) is 5.26 Å². The number of nitriles is 1. The molecule has 2 heterocycles. The second-order valence-electron chi connectivity index (χ2n) is 6.32. The number of cyclic esters (lactones) is 1. The van der Waals surface area contributed by atoms with Gasteiger partial charge in [0, 0.05) is 45.7 Å². The van der Waals surface area contributed by atoms with Crippen molar-refractivity contribution in [2.24, 2.45) is 0 Å². The summed E-state index contributed by atoms with van der Waals surface area (Å²) in [7, 11) is 0. The number of hydrogen-bond donors (Lipinski definition) is 0. The van der Waals surface area contributed by atoms with Crippen molar-refractivity contribution < 1.29 is 14.3 Å². The summed E-state index contributed by atoms with van der Waals surface area (Å²) in [5.41, 5.74) is 1.84. The highest BCUT2D eigenvalue weighted by atomic mass is 16.6. The zero-order valence-electron chi connectivity index (χ0n) is 14.2. The Bertz CT molecular complexity index is 660. The van der Waals surface area contributed by atoms with Gasteiger partial charge >= 0.3 is 6.09 Å². The summed E-state index contributed by atoms with van der Waals surface area (Å²) in [6.07, 6.45) is 0.0325. The Morgan fingerprint density at radius 1 is 1.12 bits per heavy atom. The molecule has 0 saturated carbocycles. The molecule has 0 aliphatic carbocycles. The molecule has 2 aliphatic rings. The molecular formula is C18H22N4O3. The maximum absolute atomic E-state index is 12.3. The van der Waals surface area contributed by atoms with Crippen LogP contribution in [0.15, 0.2) is 24.3 Å². The largest absolute Gasteiger partial charge is 0.448 e. The first-order valence-corrected chi connectivity index (χ1v) is 8.56. The number of carbonyl (C=O) groups excluding carboxylic acids is 2. The van der Waals surface area contributed by atoms with Gasteiger partial charge < -0.3 is 14.5 Å². The Morgan fingerprint density at radius 2 is 1.84 bits per heavy atom. The maximum Gasteiger partial charge on any atom is 0.409 e. The van der Waals surface area contributed by atoms with Gasteiger partial charge in [-0.3, -0.25) is 9.69 Å². The molecule has 0 unspecified atom stereocenters. The van der Waals surface area contributed by atoms with Crippen molar-refractivity contribution in [2.45, 2.75) is 13.0 Å². The van der Waals surface area contributed by atoms with Crippen molar-refractivity contribution in [3.05, 3.63) is 35.4 Å². The summed E-state index contributed by atoms with van der Waals surface area (Å²) in [5, 5.41) is 8.83. The van der Waals surface area contributed by atoms with Crippen LogP contribution in [-0.2, 0) is 16.1 Å². The fourth-order valence-electron chi connectivity index (χ4n) is 3.12.